The summed E-state index contributed by atoms with van der Waals surface area (Å²) in [5, 5.41) is 12.3. The van der Waals surface area contributed by atoms with E-state index >= 15 is 0 Å². The largest absolute Gasteiger partial charge is 0.508 e. The third-order valence-electron chi connectivity index (χ3n) is 3.54. The summed E-state index contributed by atoms with van der Waals surface area (Å²) in [5.74, 6) is 0.562. The highest BCUT2D eigenvalue weighted by molar-refractivity contribution is 5.68. The van der Waals surface area contributed by atoms with Crippen molar-refractivity contribution in [3.05, 3.63) is 29.8 Å². The van der Waals surface area contributed by atoms with Crippen LogP contribution in [0.15, 0.2) is 24.3 Å². The Kier molecular flexibility index (Phi) is 4.21. The molecule has 0 aliphatic heterocycles. The molecule has 4 nitrogen and oxygen atoms in total. The quantitative estimate of drug-likeness (QED) is 0.869. The topological polar surface area (TPSA) is 58.6 Å². The van der Waals surface area contributed by atoms with E-state index < -0.39 is 5.60 Å². The van der Waals surface area contributed by atoms with E-state index in [0.29, 0.717) is 5.92 Å². The summed E-state index contributed by atoms with van der Waals surface area (Å²) in [5.41, 5.74) is 0.679. The molecule has 20 heavy (non-hydrogen) atoms. The number of alkyl carbamates (subject to hydrolysis) is 1. The number of carbonyl (C=O) groups is 1. The number of amides is 1. The van der Waals surface area contributed by atoms with E-state index in [2.05, 4.69) is 5.32 Å². The summed E-state index contributed by atoms with van der Waals surface area (Å²) in [4.78, 5) is 11.9. The van der Waals surface area contributed by atoms with Crippen LogP contribution in [0.5, 0.6) is 5.75 Å². The number of phenols is 1. The maximum atomic E-state index is 11.9. The van der Waals surface area contributed by atoms with Gasteiger partial charge in [-0.25, -0.2) is 4.79 Å². The van der Waals surface area contributed by atoms with Gasteiger partial charge in [-0.2, -0.15) is 0 Å². The minimum Gasteiger partial charge on any atom is -0.508 e. The molecule has 1 aromatic carbocycles. The van der Waals surface area contributed by atoms with E-state index in [-0.39, 0.29) is 17.9 Å². The molecule has 110 valence electrons. The summed E-state index contributed by atoms with van der Waals surface area (Å²) in [7, 11) is 0. The molecule has 2 atom stereocenters. The molecule has 0 saturated heterocycles. The molecular weight excluding hydrogens is 254 g/mol. The third-order valence-corrected chi connectivity index (χ3v) is 3.54. The van der Waals surface area contributed by atoms with Gasteiger partial charge in [-0.15, -0.1) is 0 Å². The molecule has 0 aromatic heterocycles. The molecule has 1 aliphatic carbocycles. The Labute approximate surface area is 120 Å². The molecule has 4 heteroatoms. The molecular formula is C16H23NO3. The second-order valence-corrected chi connectivity index (χ2v) is 6.38. The summed E-state index contributed by atoms with van der Waals surface area (Å²) >= 11 is 0. The molecule has 1 aromatic rings. The fraction of sp³-hybridized carbons (Fsp3) is 0.562. The zero-order valence-corrected chi connectivity index (χ0v) is 12.3. The fourth-order valence-corrected chi connectivity index (χ4v) is 2.71. The molecule has 0 heterocycles. The van der Waals surface area contributed by atoms with Crippen LogP contribution in [0.3, 0.4) is 0 Å². The third kappa shape index (κ3) is 3.89. The van der Waals surface area contributed by atoms with Gasteiger partial charge in [0.05, 0.1) is 0 Å². The lowest BCUT2D eigenvalue weighted by Crippen LogP contribution is -2.40. The Morgan fingerprint density at radius 2 is 1.90 bits per heavy atom. The van der Waals surface area contributed by atoms with Crippen LogP contribution in [0.4, 0.5) is 4.79 Å². The van der Waals surface area contributed by atoms with Gasteiger partial charge in [0.25, 0.3) is 0 Å². The Morgan fingerprint density at radius 1 is 1.25 bits per heavy atom. The highest BCUT2D eigenvalue weighted by Crippen LogP contribution is 2.35. The maximum Gasteiger partial charge on any atom is 0.407 e. The van der Waals surface area contributed by atoms with Gasteiger partial charge in [-0.3, -0.25) is 0 Å². The number of hydrogen-bond donors (Lipinski definition) is 2. The number of phenolic OH excluding ortho intramolecular Hbond substituents is 1. The van der Waals surface area contributed by atoms with Crippen molar-refractivity contribution >= 4 is 6.09 Å². The van der Waals surface area contributed by atoms with Crippen molar-refractivity contribution in [2.45, 2.75) is 57.6 Å². The van der Waals surface area contributed by atoms with Crippen molar-refractivity contribution in [2.75, 3.05) is 0 Å². The fourth-order valence-electron chi connectivity index (χ4n) is 2.71. The summed E-state index contributed by atoms with van der Waals surface area (Å²) < 4.78 is 5.31. The average Bonchev–Trinajstić information content (AvgIpc) is 2.75. The first-order valence-electron chi connectivity index (χ1n) is 7.13. The van der Waals surface area contributed by atoms with Gasteiger partial charge in [0.2, 0.25) is 0 Å². The first-order chi connectivity index (χ1) is 9.35. The number of ether oxygens (including phenoxy) is 1. The predicted octanol–water partition coefficient (Wildman–Crippen LogP) is 3.55. The van der Waals surface area contributed by atoms with Crippen molar-refractivity contribution in [1.82, 2.24) is 5.32 Å². The molecule has 2 rings (SSSR count). The molecule has 2 N–H and O–H groups in total. The molecule has 1 saturated carbocycles. The molecule has 0 unspecified atom stereocenters. The SMILES string of the molecule is CC(C)(C)OC(=O)N[C@@H]1CCC[C@@H]1c1ccc(O)cc1. The second-order valence-electron chi connectivity index (χ2n) is 6.38. The van der Waals surface area contributed by atoms with Crippen molar-refractivity contribution in [2.24, 2.45) is 0 Å². The van der Waals surface area contributed by atoms with Crippen molar-refractivity contribution in [3.8, 4) is 5.75 Å². The Bertz CT molecular complexity index is 462. The van der Waals surface area contributed by atoms with E-state index in [0.717, 1.165) is 24.8 Å². The van der Waals surface area contributed by atoms with Crippen molar-refractivity contribution in [1.29, 1.82) is 0 Å². The van der Waals surface area contributed by atoms with Crippen LogP contribution in [0.1, 0.15) is 51.5 Å². The van der Waals surface area contributed by atoms with Crippen LogP contribution in [0.2, 0.25) is 0 Å². The number of carbonyl (C=O) groups excluding carboxylic acids is 1. The molecule has 0 spiro atoms. The minimum absolute atomic E-state index is 0.106. The van der Waals surface area contributed by atoms with Crippen LogP contribution in [0, 0.1) is 0 Å². The Morgan fingerprint density at radius 3 is 2.50 bits per heavy atom. The first-order valence-corrected chi connectivity index (χ1v) is 7.13. The Hall–Kier alpha value is -1.71. The van der Waals surface area contributed by atoms with Gasteiger partial charge in [-0.1, -0.05) is 18.6 Å². The van der Waals surface area contributed by atoms with Gasteiger partial charge < -0.3 is 15.2 Å². The number of nitrogens with one attached hydrogen (secondary N) is 1. The molecule has 0 radical (unpaired) electrons. The number of hydrogen-bond acceptors (Lipinski definition) is 3. The monoisotopic (exact) mass is 277 g/mol. The smallest absolute Gasteiger partial charge is 0.407 e. The van der Waals surface area contributed by atoms with Crippen molar-refractivity contribution in [3.63, 3.8) is 0 Å². The lowest BCUT2D eigenvalue weighted by atomic mass is 9.94. The molecule has 1 amide bonds. The zero-order chi connectivity index (χ0) is 14.8. The molecule has 1 fully saturated rings. The van der Waals surface area contributed by atoms with Crippen LogP contribution < -0.4 is 5.32 Å². The lowest BCUT2D eigenvalue weighted by molar-refractivity contribution is 0.0501. The first kappa shape index (κ1) is 14.7. The minimum atomic E-state index is -0.475. The number of benzene rings is 1. The predicted molar refractivity (Wildman–Crippen MR) is 77.9 cm³/mol. The van der Waals surface area contributed by atoms with E-state index in [1.54, 1.807) is 12.1 Å². The van der Waals surface area contributed by atoms with Gasteiger partial charge in [0, 0.05) is 12.0 Å². The summed E-state index contributed by atoms with van der Waals surface area (Å²) in [6.07, 6.45) is 2.75. The maximum absolute atomic E-state index is 11.9. The summed E-state index contributed by atoms with van der Waals surface area (Å²) in [6.45, 7) is 5.58. The zero-order valence-electron chi connectivity index (χ0n) is 12.3. The van der Waals surface area contributed by atoms with Gasteiger partial charge in [0.15, 0.2) is 0 Å². The standard InChI is InChI=1S/C16H23NO3/c1-16(2,3)20-15(19)17-14-6-4-5-13(14)11-7-9-12(18)10-8-11/h7-10,13-14,18H,4-6H2,1-3H3,(H,17,19)/t13-,14-/m1/s1. The van der Waals surface area contributed by atoms with Gasteiger partial charge in [0.1, 0.15) is 11.4 Å². The average molecular weight is 277 g/mol. The van der Waals surface area contributed by atoms with E-state index in [1.165, 1.54) is 0 Å². The van der Waals surface area contributed by atoms with Gasteiger partial charge in [-0.05, 0) is 51.3 Å². The number of rotatable bonds is 2. The molecule has 0 bridgehead atoms. The van der Waals surface area contributed by atoms with E-state index in [4.69, 9.17) is 4.74 Å². The van der Waals surface area contributed by atoms with Crippen LogP contribution >= 0.6 is 0 Å². The molecule has 1 aliphatic rings. The van der Waals surface area contributed by atoms with E-state index in [1.807, 2.05) is 32.9 Å². The number of aromatic hydroxyl groups is 1. The van der Waals surface area contributed by atoms with Crippen LogP contribution in [-0.2, 0) is 4.74 Å². The van der Waals surface area contributed by atoms with Crippen molar-refractivity contribution < 1.29 is 14.6 Å². The van der Waals surface area contributed by atoms with E-state index in [9.17, 15) is 9.90 Å². The lowest BCUT2D eigenvalue weighted by Gasteiger charge is -2.25. The summed E-state index contributed by atoms with van der Waals surface area (Å²) in [6, 6.07) is 7.34. The Balaban J connectivity index is 2.00. The van der Waals surface area contributed by atoms with Gasteiger partial charge >= 0.3 is 6.09 Å². The normalized spacial score (nSPS) is 22.6. The second kappa shape index (κ2) is 5.73. The highest BCUT2D eigenvalue weighted by atomic mass is 16.6. The van der Waals surface area contributed by atoms with Crippen LogP contribution in [0.25, 0.3) is 0 Å². The van der Waals surface area contributed by atoms with Crippen LogP contribution in [-0.4, -0.2) is 22.8 Å². The highest BCUT2D eigenvalue weighted by Gasteiger charge is 2.31.